The van der Waals surface area contributed by atoms with Gasteiger partial charge in [-0.25, -0.2) is 0 Å². The molecule has 1 aromatic carbocycles. The van der Waals surface area contributed by atoms with Gasteiger partial charge in [-0.05, 0) is 30.0 Å². The van der Waals surface area contributed by atoms with E-state index in [1.165, 1.54) is 5.56 Å². The van der Waals surface area contributed by atoms with Crippen LogP contribution in [0.15, 0.2) is 28.6 Å². The number of benzene rings is 1. The van der Waals surface area contributed by atoms with Gasteiger partial charge >= 0.3 is 0 Å². The highest BCUT2D eigenvalue weighted by atomic mass is 32.2. The lowest BCUT2D eigenvalue weighted by atomic mass is 9.87. The summed E-state index contributed by atoms with van der Waals surface area (Å²) in [6, 6.07) is 8.04. The summed E-state index contributed by atoms with van der Waals surface area (Å²) in [5, 5.41) is 11.9. The molecule has 0 fully saturated rings. The number of hydrogen-bond acceptors (Lipinski definition) is 5. The van der Waals surface area contributed by atoms with Gasteiger partial charge in [-0.2, -0.15) is 0 Å². The first-order valence-corrected chi connectivity index (χ1v) is 8.98. The molecule has 0 radical (unpaired) electrons. The molecule has 0 saturated carbocycles. The second-order valence-corrected chi connectivity index (χ2v) is 8.58. The number of hydrogen-bond donors (Lipinski definition) is 1. The van der Waals surface area contributed by atoms with Crippen molar-refractivity contribution in [2.75, 3.05) is 11.1 Å². The Labute approximate surface area is 139 Å². The number of amides is 1. The van der Waals surface area contributed by atoms with Crippen LogP contribution in [0, 0.1) is 6.92 Å². The molecule has 118 valence electrons. The zero-order chi connectivity index (χ0) is 16.2. The van der Waals surface area contributed by atoms with Crippen LogP contribution in [-0.2, 0) is 10.2 Å². The smallest absolute Gasteiger partial charge is 0.225 e. The van der Waals surface area contributed by atoms with E-state index in [0.717, 1.165) is 15.0 Å². The molecule has 0 aliphatic heterocycles. The van der Waals surface area contributed by atoms with Crippen LogP contribution < -0.4 is 5.32 Å². The van der Waals surface area contributed by atoms with Gasteiger partial charge in [-0.15, -0.1) is 10.2 Å². The quantitative estimate of drug-likeness (QED) is 0.829. The summed E-state index contributed by atoms with van der Waals surface area (Å²) in [6.45, 7) is 8.45. The third-order valence-corrected chi connectivity index (χ3v) is 5.07. The molecule has 6 heteroatoms. The molecule has 1 heterocycles. The van der Waals surface area contributed by atoms with E-state index in [-0.39, 0.29) is 11.3 Å². The highest BCUT2D eigenvalue weighted by Crippen LogP contribution is 2.24. The summed E-state index contributed by atoms with van der Waals surface area (Å²) in [6.07, 6.45) is 0.463. The number of nitrogens with one attached hydrogen (secondary N) is 1. The summed E-state index contributed by atoms with van der Waals surface area (Å²) < 4.78 is 0.917. The number of aromatic nitrogens is 2. The third-order valence-electron chi connectivity index (χ3n) is 3.10. The Morgan fingerprint density at radius 2 is 1.91 bits per heavy atom. The molecule has 4 nitrogen and oxygen atoms in total. The minimum absolute atomic E-state index is 0.0252. The molecular weight excluding hydrogens is 314 g/mol. The molecule has 2 aromatic rings. The van der Waals surface area contributed by atoms with Crippen LogP contribution >= 0.6 is 23.1 Å². The minimum Gasteiger partial charge on any atom is -0.326 e. The first-order valence-electron chi connectivity index (χ1n) is 7.18. The number of thioether (sulfide) groups is 1. The van der Waals surface area contributed by atoms with Crippen molar-refractivity contribution in [1.29, 1.82) is 0 Å². The van der Waals surface area contributed by atoms with Gasteiger partial charge in [0.25, 0.3) is 0 Å². The Morgan fingerprint density at radius 3 is 2.45 bits per heavy atom. The van der Waals surface area contributed by atoms with E-state index in [1.807, 2.05) is 19.1 Å². The lowest BCUT2D eigenvalue weighted by Gasteiger charge is -2.19. The fraction of sp³-hybridized carbons (Fsp3) is 0.438. The molecule has 1 aromatic heterocycles. The average Bonchev–Trinajstić information content (AvgIpc) is 2.84. The Balaban J connectivity index is 1.79. The summed E-state index contributed by atoms with van der Waals surface area (Å²) in [4.78, 5) is 11.9. The van der Waals surface area contributed by atoms with E-state index in [2.05, 4.69) is 48.4 Å². The minimum atomic E-state index is 0.0252. The molecule has 0 unspecified atom stereocenters. The second kappa shape index (κ2) is 7.24. The number of carbonyl (C=O) groups excluding carboxylic acids is 1. The van der Waals surface area contributed by atoms with E-state index < -0.39 is 0 Å². The Kier molecular flexibility index (Phi) is 5.58. The van der Waals surface area contributed by atoms with Gasteiger partial charge < -0.3 is 5.32 Å². The van der Waals surface area contributed by atoms with Gasteiger partial charge in [0.05, 0.1) is 0 Å². The maximum atomic E-state index is 11.9. The predicted octanol–water partition coefficient (Wildman–Crippen LogP) is 4.26. The highest BCUT2D eigenvalue weighted by Gasteiger charge is 2.13. The van der Waals surface area contributed by atoms with Crippen molar-refractivity contribution in [2.45, 2.75) is 43.9 Å². The molecule has 2 rings (SSSR count). The van der Waals surface area contributed by atoms with E-state index in [0.29, 0.717) is 12.2 Å². The van der Waals surface area contributed by atoms with Crippen LogP contribution in [-0.4, -0.2) is 21.9 Å². The number of aryl methyl sites for hydroxylation is 1. The summed E-state index contributed by atoms with van der Waals surface area (Å²) in [5.41, 5.74) is 2.22. The molecule has 0 saturated heterocycles. The first-order chi connectivity index (χ1) is 10.3. The Hall–Kier alpha value is -1.40. The fourth-order valence-electron chi connectivity index (χ4n) is 1.84. The van der Waals surface area contributed by atoms with Gasteiger partial charge in [0.2, 0.25) is 5.91 Å². The van der Waals surface area contributed by atoms with E-state index in [4.69, 9.17) is 0 Å². The molecule has 1 N–H and O–H groups in total. The normalized spacial score (nSPS) is 11.5. The average molecular weight is 335 g/mol. The molecule has 0 spiro atoms. The Bertz CT molecular complexity index is 630. The van der Waals surface area contributed by atoms with E-state index in [9.17, 15) is 4.79 Å². The van der Waals surface area contributed by atoms with E-state index in [1.54, 1.807) is 23.1 Å². The SMILES string of the molecule is Cc1nnc(SCCC(=O)Nc2ccc(C(C)(C)C)cc2)s1. The third kappa shape index (κ3) is 5.10. The van der Waals surface area contributed by atoms with Crippen LogP contribution in [0.1, 0.15) is 37.8 Å². The molecule has 0 atom stereocenters. The molecule has 0 aliphatic carbocycles. The van der Waals surface area contributed by atoms with Gasteiger partial charge in [-0.1, -0.05) is 56.0 Å². The number of anilines is 1. The highest BCUT2D eigenvalue weighted by molar-refractivity contribution is 8.01. The van der Waals surface area contributed by atoms with Gasteiger partial charge in [0.1, 0.15) is 5.01 Å². The van der Waals surface area contributed by atoms with Crippen molar-refractivity contribution in [3.05, 3.63) is 34.8 Å². The van der Waals surface area contributed by atoms with Crippen molar-refractivity contribution in [3.8, 4) is 0 Å². The summed E-state index contributed by atoms with van der Waals surface area (Å²) in [7, 11) is 0. The molecule has 0 aliphatic rings. The summed E-state index contributed by atoms with van der Waals surface area (Å²) in [5.74, 6) is 0.734. The van der Waals surface area contributed by atoms with Crippen LogP contribution in [0.5, 0.6) is 0 Å². The van der Waals surface area contributed by atoms with Crippen molar-refractivity contribution in [2.24, 2.45) is 0 Å². The van der Waals surface area contributed by atoms with Crippen molar-refractivity contribution >= 4 is 34.7 Å². The first kappa shape index (κ1) is 17.0. The maximum Gasteiger partial charge on any atom is 0.225 e. The lowest BCUT2D eigenvalue weighted by Crippen LogP contribution is -2.13. The van der Waals surface area contributed by atoms with Crippen LogP contribution in [0.3, 0.4) is 0 Å². The molecular formula is C16H21N3OS2. The fourth-order valence-corrected chi connectivity index (χ4v) is 3.67. The van der Waals surface area contributed by atoms with Gasteiger partial charge in [-0.3, -0.25) is 4.79 Å². The van der Waals surface area contributed by atoms with Crippen molar-refractivity contribution in [3.63, 3.8) is 0 Å². The lowest BCUT2D eigenvalue weighted by molar-refractivity contribution is -0.115. The van der Waals surface area contributed by atoms with Crippen molar-refractivity contribution < 1.29 is 4.79 Å². The topological polar surface area (TPSA) is 54.9 Å². The Morgan fingerprint density at radius 1 is 1.23 bits per heavy atom. The monoisotopic (exact) mass is 335 g/mol. The largest absolute Gasteiger partial charge is 0.326 e. The molecule has 22 heavy (non-hydrogen) atoms. The van der Waals surface area contributed by atoms with Crippen LogP contribution in [0.2, 0.25) is 0 Å². The van der Waals surface area contributed by atoms with Gasteiger partial charge in [0, 0.05) is 17.9 Å². The summed E-state index contributed by atoms with van der Waals surface area (Å²) >= 11 is 3.13. The van der Waals surface area contributed by atoms with Crippen LogP contribution in [0.4, 0.5) is 5.69 Å². The zero-order valence-corrected chi connectivity index (χ0v) is 15.0. The van der Waals surface area contributed by atoms with Crippen LogP contribution in [0.25, 0.3) is 0 Å². The predicted molar refractivity (Wildman–Crippen MR) is 93.8 cm³/mol. The van der Waals surface area contributed by atoms with Gasteiger partial charge in [0.15, 0.2) is 4.34 Å². The van der Waals surface area contributed by atoms with Crippen molar-refractivity contribution in [1.82, 2.24) is 10.2 Å². The number of rotatable bonds is 5. The second-order valence-electron chi connectivity index (χ2n) is 6.06. The zero-order valence-electron chi connectivity index (χ0n) is 13.3. The molecule has 0 bridgehead atoms. The molecule has 1 amide bonds. The van der Waals surface area contributed by atoms with E-state index >= 15 is 0 Å². The maximum absolute atomic E-state index is 11.9. The number of nitrogens with zero attached hydrogens (tertiary/aromatic N) is 2. The number of carbonyl (C=O) groups is 1. The standard InChI is InChI=1S/C16H21N3OS2/c1-11-18-19-15(22-11)21-10-9-14(20)17-13-7-5-12(6-8-13)16(2,3)4/h5-8H,9-10H2,1-4H3,(H,17,20).